The molecule has 0 saturated carbocycles. The first-order valence-corrected chi connectivity index (χ1v) is 6.81. The van der Waals surface area contributed by atoms with Gasteiger partial charge in [0, 0.05) is 31.7 Å². The van der Waals surface area contributed by atoms with Crippen molar-refractivity contribution in [1.82, 2.24) is 4.98 Å². The fourth-order valence-corrected chi connectivity index (χ4v) is 2.50. The van der Waals surface area contributed by atoms with E-state index in [1.54, 1.807) is 0 Å². The molecule has 2 heterocycles. The highest BCUT2D eigenvalue weighted by molar-refractivity contribution is 5.74. The Morgan fingerprint density at radius 1 is 1.47 bits per heavy atom. The molecule has 4 N–H and O–H groups in total. The van der Waals surface area contributed by atoms with Crippen molar-refractivity contribution in [2.24, 2.45) is 17.4 Å². The van der Waals surface area contributed by atoms with E-state index in [1.165, 1.54) is 0 Å². The summed E-state index contributed by atoms with van der Waals surface area (Å²) >= 11 is 0. The molecule has 0 aliphatic carbocycles. The molecule has 1 aromatic heterocycles. The van der Waals surface area contributed by atoms with Crippen LogP contribution in [0.5, 0.6) is 0 Å². The number of carbonyl (C=O) groups is 1. The zero-order valence-corrected chi connectivity index (χ0v) is 11.4. The number of anilines is 1. The van der Waals surface area contributed by atoms with Crippen LogP contribution in [0.2, 0.25) is 0 Å². The maximum Gasteiger partial charge on any atom is 0.217 e. The molecule has 1 unspecified atom stereocenters. The predicted molar refractivity (Wildman–Crippen MR) is 75.6 cm³/mol. The first-order valence-electron chi connectivity index (χ1n) is 6.81. The van der Waals surface area contributed by atoms with E-state index in [1.807, 2.05) is 25.3 Å². The molecule has 1 aromatic rings. The van der Waals surface area contributed by atoms with Crippen molar-refractivity contribution in [3.8, 4) is 0 Å². The zero-order valence-electron chi connectivity index (χ0n) is 11.4. The number of hydrogen-bond acceptors (Lipinski definition) is 4. The van der Waals surface area contributed by atoms with E-state index in [0.717, 1.165) is 37.3 Å². The number of rotatable bonds is 4. The van der Waals surface area contributed by atoms with E-state index < -0.39 is 0 Å². The van der Waals surface area contributed by atoms with Gasteiger partial charge in [0.05, 0.1) is 0 Å². The molecule has 2 rings (SSSR count). The molecule has 0 aromatic carbocycles. The SMILES string of the molecule is CC(N)c1ccc(N2CCC(CC(N)=O)CC2)nc1. The second-order valence-corrected chi connectivity index (χ2v) is 5.34. The quantitative estimate of drug-likeness (QED) is 0.853. The van der Waals surface area contributed by atoms with Crippen LogP contribution in [0.15, 0.2) is 18.3 Å². The van der Waals surface area contributed by atoms with E-state index in [0.29, 0.717) is 12.3 Å². The minimum atomic E-state index is -0.196. The number of piperidine rings is 1. The van der Waals surface area contributed by atoms with Crippen molar-refractivity contribution in [2.75, 3.05) is 18.0 Å². The average Bonchev–Trinajstić information content (AvgIpc) is 2.39. The standard InChI is InChI=1S/C14H22N4O/c1-10(15)12-2-3-14(17-9-12)18-6-4-11(5-7-18)8-13(16)19/h2-3,9-11H,4-8,15H2,1H3,(H2,16,19). The first-order chi connectivity index (χ1) is 9.06. The highest BCUT2D eigenvalue weighted by atomic mass is 16.1. The maximum absolute atomic E-state index is 10.9. The van der Waals surface area contributed by atoms with Crippen molar-refractivity contribution in [1.29, 1.82) is 0 Å². The van der Waals surface area contributed by atoms with Gasteiger partial charge in [-0.2, -0.15) is 0 Å². The number of hydrogen-bond donors (Lipinski definition) is 2. The van der Waals surface area contributed by atoms with E-state index in [9.17, 15) is 4.79 Å². The van der Waals surface area contributed by atoms with Crippen molar-refractivity contribution < 1.29 is 4.79 Å². The van der Waals surface area contributed by atoms with Gasteiger partial charge in [-0.3, -0.25) is 4.79 Å². The number of pyridine rings is 1. The molecule has 1 atom stereocenters. The van der Waals surface area contributed by atoms with Crippen molar-refractivity contribution in [3.05, 3.63) is 23.9 Å². The lowest BCUT2D eigenvalue weighted by Gasteiger charge is -2.32. The normalized spacial score (nSPS) is 18.3. The van der Waals surface area contributed by atoms with Gasteiger partial charge in [0.15, 0.2) is 0 Å². The molecule has 1 saturated heterocycles. The van der Waals surface area contributed by atoms with E-state index in [2.05, 4.69) is 9.88 Å². The lowest BCUT2D eigenvalue weighted by Crippen LogP contribution is -2.35. The third-order valence-electron chi connectivity index (χ3n) is 3.72. The smallest absolute Gasteiger partial charge is 0.217 e. The number of nitrogens with zero attached hydrogens (tertiary/aromatic N) is 2. The lowest BCUT2D eigenvalue weighted by molar-refractivity contribution is -0.119. The Morgan fingerprint density at radius 3 is 2.63 bits per heavy atom. The molecule has 0 radical (unpaired) electrons. The molecule has 104 valence electrons. The Hall–Kier alpha value is -1.62. The summed E-state index contributed by atoms with van der Waals surface area (Å²) in [6.07, 6.45) is 4.35. The molecule has 0 bridgehead atoms. The van der Waals surface area contributed by atoms with Crippen LogP contribution in [0.3, 0.4) is 0 Å². The molecule has 1 aliphatic heterocycles. The van der Waals surface area contributed by atoms with Crippen LogP contribution in [-0.2, 0) is 4.79 Å². The monoisotopic (exact) mass is 262 g/mol. The van der Waals surface area contributed by atoms with Crippen molar-refractivity contribution >= 4 is 11.7 Å². The van der Waals surface area contributed by atoms with Crippen LogP contribution >= 0.6 is 0 Å². The highest BCUT2D eigenvalue weighted by Gasteiger charge is 2.21. The van der Waals surface area contributed by atoms with Gasteiger partial charge in [-0.25, -0.2) is 4.98 Å². The molecule has 1 aliphatic rings. The minimum Gasteiger partial charge on any atom is -0.370 e. The average molecular weight is 262 g/mol. The summed E-state index contributed by atoms with van der Waals surface area (Å²) in [4.78, 5) is 17.6. The Labute approximate surface area is 114 Å². The largest absolute Gasteiger partial charge is 0.370 e. The maximum atomic E-state index is 10.9. The third-order valence-corrected chi connectivity index (χ3v) is 3.72. The summed E-state index contributed by atoms with van der Waals surface area (Å²) in [7, 11) is 0. The lowest BCUT2D eigenvalue weighted by atomic mass is 9.93. The van der Waals surface area contributed by atoms with Crippen LogP contribution in [0, 0.1) is 5.92 Å². The van der Waals surface area contributed by atoms with Gasteiger partial charge in [0.1, 0.15) is 5.82 Å². The molecular formula is C14H22N4O. The summed E-state index contributed by atoms with van der Waals surface area (Å²) < 4.78 is 0. The molecule has 0 spiro atoms. The summed E-state index contributed by atoms with van der Waals surface area (Å²) in [5, 5.41) is 0. The van der Waals surface area contributed by atoms with Gasteiger partial charge >= 0.3 is 0 Å². The Morgan fingerprint density at radius 2 is 2.16 bits per heavy atom. The van der Waals surface area contributed by atoms with E-state index in [4.69, 9.17) is 11.5 Å². The van der Waals surface area contributed by atoms with E-state index >= 15 is 0 Å². The summed E-state index contributed by atoms with van der Waals surface area (Å²) in [6.45, 7) is 3.82. The van der Waals surface area contributed by atoms with Crippen LogP contribution in [0.25, 0.3) is 0 Å². The van der Waals surface area contributed by atoms with Gasteiger partial charge in [0.25, 0.3) is 0 Å². The van der Waals surface area contributed by atoms with Gasteiger partial charge in [-0.15, -0.1) is 0 Å². The molecular weight excluding hydrogens is 240 g/mol. The van der Waals surface area contributed by atoms with Crippen molar-refractivity contribution in [2.45, 2.75) is 32.2 Å². The van der Waals surface area contributed by atoms with Gasteiger partial charge in [-0.1, -0.05) is 6.07 Å². The Kier molecular flexibility index (Phi) is 4.37. The van der Waals surface area contributed by atoms with Crippen LogP contribution < -0.4 is 16.4 Å². The van der Waals surface area contributed by atoms with Crippen molar-refractivity contribution in [3.63, 3.8) is 0 Å². The first kappa shape index (κ1) is 13.8. The summed E-state index contributed by atoms with van der Waals surface area (Å²) in [6, 6.07) is 4.07. The topological polar surface area (TPSA) is 85.2 Å². The van der Waals surface area contributed by atoms with E-state index in [-0.39, 0.29) is 11.9 Å². The summed E-state index contributed by atoms with van der Waals surface area (Å²) in [5.74, 6) is 1.22. The van der Waals surface area contributed by atoms with Gasteiger partial charge in [-0.05, 0) is 37.3 Å². The molecule has 1 fully saturated rings. The van der Waals surface area contributed by atoms with Crippen LogP contribution in [0.1, 0.15) is 37.8 Å². The van der Waals surface area contributed by atoms with Crippen LogP contribution in [0.4, 0.5) is 5.82 Å². The molecule has 5 nitrogen and oxygen atoms in total. The van der Waals surface area contributed by atoms with Gasteiger partial charge in [0.2, 0.25) is 5.91 Å². The van der Waals surface area contributed by atoms with Crippen LogP contribution in [-0.4, -0.2) is 24.0 Å². The zero-order chi connectivity index (χ0) is 13.8. The number of carbonyl (C=O) groups excluding carboxylic acids is 1. The molecule has 5 heteroatoms. The second kappa shape index (κ2) is 6.02. The fourth-order valence-electron chi connectivity index (χ4n) is 2.50. The highest BCUT2D eigenvalue weighted by Crippen LogP contribution is 2.24. The minimum absolute atomic E-state index is 0.0165. The van der Waals surface area contributed by atoms with Gasteiger partial charge < -0.3 is 16.4 Å². The third kappa shape index (κ3) is 3.67. The number of amides is 1. The second-order valence-electron chi connectivity index (χ2n) is 5.34. The Bertz CT molecular complexity index is 422. The molecule has 1 amide bonds. The predicted octanol–water partition coefficient (Wildman–Crippen LogP) is 1.19. The Balaban J connectivity index is 1.92. The number of nitrogens with two attached hydrogens (primary N) is 2. The number of aromatic nitrogens is 1. The number of primary amides is 1. The summed E-state index contributed by atoms with van der Waals surface area (Å²) in [5.41, 5.74) is 12.1. The fraction of sp³-hybridized carbons (Fsp3) is 0.571. The molecule has 19 heavy (non-hydrogen) atoms.